The molecule has 3 aromatic rings. The van der Waals surface area contributed by atoms with E-state index in [0.29, 0.717) is 18.0 Å². The first-order chi connectivity index (χ1) is 13.4. The largest absolute Gasteiger partial charge is 0.476 e. The maximum atomic E-state index is 12.7. The monoisotopic (exact) mass is 396 g/mol. The highest BCUT2D eigenvalue weighted by atomic mass is 32.2. The van der Waals surface area contributed by atoms with Crippen LogP contribution in [0.25, 0.3) is 10.8 Å². The molecule has 1 amide bonds. The lowest BCUT2D eigenvalue weighted by molar-refractivity contribution is -0.127. The lowest BCUT2D eigenvalue weighted by atomic mass is 10.1. The summed E-state index contributed by atoms with van der Waals surface area (Å²) in [5, 5.41) is 5.08. The number of hydrogen-bond donors (Lipinski definition) is 1. The van der Waals surface area contributed by atoms with Crippen molar-refractivity contribution in [3.05, 3.63) is 72.3 Å². The average molecular weight is 396 g/mol. The highest BCUT2D eigenvalue weighted by Crippen LogP contribution is 2.34. The minimum Gasteiger partial charge on any atom is -0.476 e. The second-order valence-corrected chi connectivity index (χ2v) is 8.67. The van der Waals surface area contributed by atoms with Gasteiger partial charge in [-0.3, -0.25) is 9.10 Å². The fraction of sp³-hybridized carbons (Fsp3) is 0.190. The number of nitrogens with zero attached hydrogens (tertiary/aromatic N) is 1. The molecule has 0 saturated carbocycles. The topological polar surface area (TPSA) is 75.7 Å². The van der Waals surface area contributed by atoms with Crippen molar-refractivity contribution in [3.8, 4) is 5.75 Å². The van der Waals surface area contributed by atoms with E-state index >= 15 is 0 Å². The average Bonchev–Trinajstić information content (AvgIpc) is 2.70. The Bertz CT molecular complexity index is 1140. The van der Waals surface area contributed by atoms with Crippen LogP contribution in [-0.2, 0) is 21.4 Å². The van der Waals surface area contributed by atoms with Crippen LogP contribution in [0.15, 0.2) is 66.7 Å². The predicted molar refractivity (Wildman–Crippen MR) is 109 cm³/mol. The van der Waals surface area contributed by atoms with Crippen molar-refractivity contribution in [2.75, 3.05) is 17.1 Å². The molecular weight excluding hydrogens is 376 g/mol. The summed E-state index contributed by atoms with van der Waals surface area (Å²) in [5.41, 5.74) is 1.41. The number of ether oxygens (including phenoxy) is 1. The number of benzene rings is 3. The summed E-state index contributed by atoms with van der Waals surface area (Å²) in [7, 11) is -3.52. The molecule has 28 heavy (non-hydrogen) atoms. The smallest absolute Gasteiger partial charge is 0.263 e. The van der Waals surface area contributed by atoms with E-state index in [2.05, 4.69) is 5.32 Å². The minimum absolute atomic E-state index is 0.0562. The molecule has 1 aliphatic rings. The number of para-hydroxylation sites is 2. The number of anilines is 1. The number of nitrogens with one attached hydrogen (secondary N) is 1. The van der Waals surface area contributed by atoms with E-state index in [4.69, 9.17) is 4.74 Å². The van der Waals surface area contributed by atoms with Crippen LogP contribution in [0.5, 0.6) is 5.75 Å². The molecule has 0 fully saturated rings. The van der Waals surface area contributed by atoms with Gasteiger partial charge in [-0.25, -0.2) is 8.42 Å². The van der Waals surface area contributed by atoms with Crippen molar-refractivity contribution in [1.29, 1.82) is 0 Å². The Hall–Kier alpha value is -3.06. The Morgan fingerprint density at radius 3 is 2.57 bits per heavy atom. The number of sulfonamides is 1. The zero-order valence-electron chi connectivity index (χ0n) is 15.3. The van der Waals surface area contributed by atoms with Crippen LogP contribution < -0.4 is 14.4 Å². The quantitative estimate of drug-likeness (QED) is 0.736. The van der Waals surface area contributed by atoms with Crippen LogP contribution in [-0.4, -0.2) is 33.2 Å². The molecule has 6 nitrogen and oxygen atoms in total. The van der Waals surface area contributed by atoms with Crippen molar-refractivity contribution >= 4 is 32.4 Å². The Labute approximate surface area is 163 Å². The summed E-state index contributed by atoms with van der Waals surface area (Å²) in [5.74, 6) is 0.0290. The predicted octanol–water partition coefficient (Wildman–Crippen LogP) is 2.68. The summed E-state index contributed by atoms with van der Waals surface area (Å²) < 4.78 is 31.3. The number of carbonyl (C=O) groups is 1. The Morgan fingerprint density at radius 2 is 1.79 bits per heavy atom. The minimum atomic E-state index is -3.52. The third kappa shape index (κ3) is 3.66. The maximum Gasteiger partial charge on any atom is 0.263 e. The highest BCUT2D eigenvalue weighted by Gasteiger charge is 2.34. The molecule has 7 heteroatoms. The van der Waals surface area contributed by atoms with E-state index in [0.717, 1.165) is 22.6 Å². The Morgan fingerprint density at radius 1 is 1.07 bits per heavy atom. The Balaban J connectivity index is 1.50. The molecule has 144 valence electrons. The molecule has 0 spiro atoms. The van der Waals surface area contributed by atoms with E-state index in [1.54, 1.807) is 24.3 Å². The molecule has 0 unspecified atom stereocenters. The number of hydrogen-bond acceptors (Lipinski definition) is 4. The van der Waals surface area contributed by atoms with Gasteiger partial charge in [-0.05, 0) is 34.5 Å². The van der Waals surface area contributed by atoms with Gasteiger partial charge in [0, 0.05) is 6.54 Å². The number of rotatable bonds is 4. The fourth-order valence-corrected chi connectivity index (χ4v) is 4.22. The lowest BCUT2D eigenvalue weighted by Gasteiger charge is -2.33. The molecule has 0 aromatic heterocycles. The maximum absolute atomic E-state index is 12.7. The number of amides is 1. The van der Waals surface area contributed by atoms with Crippen LogP contribution in [0.4, 0.5) is 5.69 Å². The van der Waals surface area contributed by atoms with Crippen molar-refractivity contribution in [1.82, 2.24) is 5.32 Å². The summed E-state index contributed by atoms with van der Waals surface area (Å²) in [4.78, 5) is 12.7. The van der Waals surface area contributed by atoms with Crippen molar-refractivity contribution in [2.24, 2.45) is 0 Å². The second-order valence-electron chi connectivity index (χ2n) is 6.77. The number of fused-ring (bicyclic) bond motifs is 2. The first kappa shape index (κ1) is 18.3. The molecule has 0 radical (unpaired) electrons. The van der Waals surface area contributed by atoms with Gasteiger partial charge in [-0.1, -0.05) is 48.5 Å². The van der Waals surface area contributed by atoms with E-state index < -0.39 is 16.1 Å². The van der Waals surface area contributed by atoms with Crippen LogP contribution in [0.2, 0.25) is 0 Å². The van der Waals surface area contributed by atoms with Gasteiger partial charge in [-0.2, -0.15) is 0 Å². The molecule has 1 N–H and O–H groups in total. The second kappa shape index (κ2) is 7.16. The molecule has 3 aromatic carbocycles. The van der Waals surface area contributed by atoms with Gasteiger partial charge < -0.3 is 10.1 Å². The SMILES string of the molecule is CS(=O)(=O)N1C[C@@H](C(=O)NCc2ccc3ccccc3c2)Oc2ccccc21. The van der Waals surface area contributed by atoms with Crippen molar-refractivity contribution in [2.45, 2.75) is 12.6 Å². The lowest BCUT2D eigenvalue weighted by Crippen LogP contribution is -2.50. The molecule has 0 aliphatic carbocycles. The molecule has 0 bridgehead atoms. The van der Waals surface area contributed by atoms with Crippen LogP contribution >= 0.6 is 0 Å². The summed E-state index contributed by atoms with van der Waals surface area (Å²) in [6.45, 7) is 0.281. The first-order valence-corrected chi connectivity index (χ1v) is 10.8. The molecule has 1 heterocycles. The highest BCUT2D eigenvalue weighted by molar-refractivity contribution is 7.92. The van der Waals surface area contributed by atoms with Crippen molar-refractivity contribution < 1.29 is 17.9 Å². The van der Waals surface area contributed by atoms with Crippen LogP contribution in [0, 0.1) is 0 Å². The zero-order chi connectivity index (χ0) is 19.7. The standard InChI is InChI=1S/C21H20N2O4S/c1-28(25,26)23-14-20(27-19-9-5-4-8-18(19)23)21(24)22-13-15-10-11-16-6-2-3-7-17(16)12-15/h2-12,20H,13-14H2,1H3,(H,22,24)/t20-/m0/s1. The van der Waals surface area contributed by atoms with Gasteiger partial charge >= 0.3 is 0 Å². The van der Waals surface area contributed by atoms with E-state index in [-0.39, 0.29) is 12.5 Å². The van der Waals surface area contributed by atoms with Crippen LogP contribution in [0.1, 0.15) is 5.56 Å². The molecule has 1 atom stereocenters. The zero-order valence-corrected chi connectivity index (χ0v) is 16.1. The molecule has 0 saturated heterocycles. The van der Waals surface area contributed by atoms with E-state index in [9.17, 15) is 13.2 Å². The van der Waals surface area contributed by atoms with Gasteiger partial charge in [-0.15, -0.1) is 0 Å². The van der Waals surface area contributed by atoms with Gasteiger partial charge in [0.2, 0.25) is 10.0 Å². The summed E-state index contributed by atoms with van der Waals surface area (Å²) >= 11 is 0. The van der Waals surface area contributed by atoms with E-state index in [1.165, 1.54) is 4.31 Å². The first-order valence-electron chi connectivity index (χ1n) is 8.90. The van der Waals surface area contributed by atoms with Gasteiger partial charge in [0.25, 0.3) is 5.91 Å². The molecular formula is C21H20N2O4S. The number of carbonyl (C=O) groups excluding carboxylic acids is 1. The van der Waals surface area contributed by atoms with Gasteiger partial charge in [0.05, 0.1) is 18.5 Å². The molecule has 4 rings (SSSR count). The summed E-state index contributed by atoms with van der Waals surface area (Å²) in [6.07, 6.45) is 0.212. The molecule has 1 aliphatic heterocycles. The third-order valence-corrected chi connectivity index (χ3v) is 5.85. The third-order valence-electron chi connectivity index (χ3n) is 4.71. The van der Waals surface area contributed by atoms with Crippen molar-refractivity contribution in [3.63, 3.8) is 0 Å². The van der Waals surface area contributed by atoms with Gasteiger partial charge in [0.1, 0.15) is 5.75 Å². The fourth-order valence-electron chi connectivity index (χ4n) is 3.30. The normalized spacial score (nSPS) is 16.3. The van der Waals surface area contributed by atoms with Crippen LogP contribution in [0.3, 0.4) is 0 Å². The summed E-state index contributed by atoms with van der Waals surface area (Å²) in [6, 6.07) is 20.8. The Kier molecular flexibility index (Phi) is 4.68. The van der Waals surface area contributed by atoms with Gasteiger partial charge in [0.15, 0.2) is 6.10 Å². The van der Waals surface area contributed by atoms with E-state index in [1.807, 2.05) is 42.5 Å².